The molecule has 1 saturated heterocycles. The smallest absolute Gasteiger partial charge is 0.250 e. The molecule has 2 atom stereocenters. The molecule has 0 bridgehead atoms. The van der Waals surface area contributed by atoms with Crippen LogP contribution < -0.4 is 5.32 Å². The number of carbonyl (C=O) groups excluding carboxylic acids is 1. The van der Waals surface area contributed by atoms with Gasteiger partial charge >= 0.3 is 0 Å². The fourth-order valence-corrected chi connectivity index (χ4v) is 2.56. The molecule has 21 heavy (non-hydrogen) atoms. The van der Waals surface area contributed by atoms with E-state index >= 15 is 0 Å². The van der Waals surface area contributed by atoms with Crippen LogP contribution in [-0.2, 0) is 9.53 Å². The average molecular weight is 304 g/mol. The number of hydrogen-bond acceptors (Lipinski definition) is 3. The highest BCUT2D eigenvalue weighted by Gasteiger charge is 2.24. The van der Waals surface area contributed by atoms with E-state index in [9.17, 15) is 4.79 Å². The molecule has 1 N–H and O–H groups in total. The Morgan fingerprint density at radius 1 is 1.29 bits per heavy atom. The maximum Gasteiger partial charge on any atom is 0.250 e. The summed E-state index contributed by atoms with van der Waals surface area (Å²) in [5.74, 6) is -0.212. The van der Waals surface area contributed by atoms with Gasteiger partial charge in [0.15, 0.2) is 5.11 Å². The topological polar surface area (TPSA) is 41.6 Å². The van der Waals surface area contributed by atoms with Crippen LogP contribution >= 0.6 is 12.2 Å². The predicted molar refractivity (Wildman–Crippen MR) is 87.8 cm³/mol. The summed E-state index contributed by atoms with van der Waals surface area (Å²) in [7, 11) is 0. The lowest BCUT2D eigenvalue weighted by atomic mass is 10.2. The van der Waals surface area contributed by atoms with Crippen LogP contribution in [0.1, 0.15) is 19.4 Å². The standard InChI is InChI=1S/C16H20N2O2S/c1-12-10-18(11-13(2)20-12)16(21)17-15(19)9-8-14-6-4-3-5-7-14/h3-9,12-13H,10-11H2,1-2H3,(H,17,19,21)/b9-8+. The molecule has 0 saturated carbocycles. The van der Waals surface area contributed by atoms with E-state index in [1.54, 1.807) is 6.08 Å². The highest BCUT2D eigenvalue weighted by Crippen LogP contribution is 2.10. The van der Waals surface area contributed by atoms with Crippen LogP contribution in [-0.4, -0.2) is 41.2 Å². The monoisotopic (exact) mass is 304 g/mol. The van der Waals surface area contributed by atoms with Gasteiger partial charge in [-0.1, -0.05) is 30.3 Å². The fraction of sp³-hybridized carbons (Fsp3) is 0.375. The molecule has 112 valence electrons. The molecule has 5 heteroatoms. The summed E-state index contributed by atoms with van der Waals surface area (Å²) in [6, 6.07) is 9.67. The van der Waals surface area contributed by atoms with E-state index in [1.807, 2.05) is 49.1 Å². The first-order valence-corrected chi connectivity index (χ1v) is 7.44. The quantitative estimate of drug-likeness (QED) is 0.672. The summed E-state index contributed by atoms with van der Waals surface area (Å²) in [5, 5.41) is 3.20. The first-order valence-electron chi connectivity index (χ1n) is 7.03. The van der Waals surface area contributed by atoms with Crippen molar-refractivity contribution in [3.05, 3.63) is 42.0 Å². The van der Waals surface area contributed by atoms with Crippen molar-refractivity contribution in [2.45, 2.75) is 26.1 Å². The van der Waals surface area contributed by atoms with Crippen LogP contribution in [0.5, 0.6) is 0 Å². The van der Waals surface area contributed by atoms with Gasteiger partial charge in [0, 0.05) is 19.2 Å². The number of ether oxygens (including phenoxy) is 1. The second kappa shape index (κ2) is 7.33. The lowest BCUT2D eigenvalue weighted by molar-refractivity contribution is -0.115. The van der Waals surface area contributed by atoms with Crippen molar-refractivity contribution in [2.24, 2.45) is 0 Å². The van der Waals surface area contributed by atoms with Crippen LogP contribution in [0.15, 0.2) is 36.4 Å². The molecule has 0 spiro atoms. The van der Waals surface area contributed by atoms with Crippen molar-refractivity contribution in [3.63, 3.8) is 0 Å². The Labute approximate surface area is 130 Å². The summed E-state index contributed by atoms with van der Waals surface area (Å²) in [5.41, 5.74) is 0.979. The van der Waals surface area contributed by atoms with E-state index in [0.29, 0.717) is 18.2 Å². The Morgan fingerprint density at radius 2 is 1.90 bits per heavy atom. The molecule has 2 unspecified atom stereocenters. The zero-order chi connectivity index (χ0) is 15.2. The molecule has 1 aromatic rings. The van der Waals surface area contributed by atoms with Crippen molar-refractivity contribution in [3.8, 4) is 0 Å². The van der Waals surface area contributed by atoms with Gasteiger partial charge < -0.3 is 9.64 Å². The summed E-state index contributed by atoms with van der Waals surface area (Å²) in [6.45, 7) is 5.41. The molecule has 2 rings (SSSR count). The summed E-state index contributed by atoms with van der Waals surface area (Å²) < 4.78 is 5.65. The molecule has 1 aliphatic rings. The number of rotatable bonds is 2. The average Bonchev–Trinajstić information content (AvgIpc) is 2.45. The van der Waals surface area contributed by atoms with Crippen molar-refractivity contribution < 1.29 is 9.53 Å². The Morgan fingerprint density at radius 3 is 2.52 bits per heavy atom. The number of benzene rings is 1. The molecule has 1 aliphatic heterocycles. The van der Waals surface area contributed by atoms with E-state index in [-0.39, 0.29) is 18.1 Å². The van der Waals surface area contributed by atoms with Gasteiger partial charge in [0.2, 0.25) is 5.91 Å². The lowest BCUT2D eigenvalue weighted by Gasteiger charge is -2.36. The lowest BCUT2D eigenvalue weighted by Crippen LogP contribution is -2.52. The minimum Gasteiger partial charge on any atom is -0.372 e. The number of thiocarbonyl (C=S) groups is 1. The third-order valence-corrected chi connectivity index (χ3v) is 3.52. The van der Waals surface area contributed by atoms with Crippen LogP contribution in [0.25, 0.3) is 6.08 Å². The number of hydrogen-bond donors (Lipinski definition) is 1. The molecule has 1 aromatic carbocycles. The first-order chi connectivity index (χ1) is 10.0. The van der Waals surface area contributed by atoms with Crippen LogP contribution in [0.3, 0.4) is 0 Å². The van der Waals surface area contributed by atoms with Gasteiger partial charge in [0.25, 0.3) is 0 Å². The Bertz CT molecular complexity index is 520. The van der Waals surface area contributed by atoms with Gasteiger partial charge in [-0.25, -0.2) is 0 Å². The Balaban J connectivity index is 1.87. The normalized spacial score (nSPS) is 22.3. The highest BCUT2D eigenvalue weighted by molar-refractivity contribution is 7.80. The van der Waals surface area contributed by atoms with Crippen LogP contribution in [0.4, 0.5) is 0 Å². The number of nitrogens with one attached hydrogen (secondary N) is 1. The zero-order valence-corrected chi connectivity index (χ0v) is 13.1. The van der Waals surface area contributed by atoms with Gasteiger partial charge in [-0.15, -0.1) is 0 Å². The van der Waals surface area contributed by atoms with Crippen molar-refractivity contribution in [1.82, 2.24) is 10.2 Å². The van der Waals surface area contributed by atoms with E-state index in [4.69, 9.17) is 17.0 Å². The van der Waals surface area contributed by atoms with Gasteiger partial charge in [-0.3, -0.25) is 10.1 Å². The zero-order valence-electron chi connectivity index (χ0n) is 12.3. The second-order valence-corrected chi connectivity index (χ2v) is 5.59. The second-order valence-electron chi connectivity index (χ2n) is 5.20. The third-order valence-electron chi connectivity index (χ3n) is 3.16. The first kappa shape index (κ1) is 15.7. The fourth-order valence-electron chi connectivity index (χ4n) is 2.31. The summed E-state index contributed by atoms with van der Waals surface area (Å²) >= 11 is 5.29. The van der Waals surface area contributed by atoms with E-state index in [0.717, 1.165) is 5.56 Å². The molecule has 0 aliphatic carbocycles. The predicted octanol–water partition coefficient (Wildman–Crippen LogP) is 2.21. The van der Waals surface area contributed by atoms with Crippen LogP contribution in [0, 0.1) is 0 Å². The van der Waals surface area contributed by atoms with Gasteiger partial charge in [-0.05, 0) is 37.7 Å². The minimum atomic E-state index is -0.212. The molecule has 1 heterocycles. The highest BCUT2D eigenvalue weighted by atomic mass is 32.1. The Hall–Kier alpha value is -1.72. The van der Waals surface area contributed by atoms with Crippen LogP contribution in [0.2, 0.25) is 0 Å². The largest absolute Gasteiger partial charge is 0.372 e. The van der Waals surface area contributed by atoms with E-state index in [1.165, 1.54) is 6.08 Å². The van der Waals surface area contributed by atoms with Crippen molar-refractivity contribution >= 4 is 29.3 Å². The number of carbonyl (C=O) groups is 1. The molecule has 0 aromatic heterocycles. The summed E-state index contributed by atoms with van der Waals surface area (Å²) in [4.78, 5) is 13.9. The Kier molecular flexibility index (Phi) is 5.47. The molecule has 0 radical (unpaired) electrons. The van der Waals surface area contributed by atoms with Gasteiger partial charge in [0.1, 0.15) is 0 Å². The summed E-state index contributed by atoms with van der Waals surface area (Å²) in [6.07, 6.45) is 3.49. The van der Waals surface area contributed by atoms with E-state index < -0.39 is 0 Å². The molecular formula is C16H20N2O2S. The SMILES string of the molecule is CC1CN(C(=S)NC(=O)/C=C/c2ccccc2)CC(C)O1. The third kappa shape index (κ3) is 4.95. The number of nitrogens with zero attached hydrogens (tertiary/aromatic N) is 1. The molecule has 1 amide bonds. The van der Waals surface area contributed by atoms with E-state index in [2.05, 4.69) is 5.32 Å². The van der Waals surface area contributed by atoms with Crippen molar-refractivity contribution in [2.75, 3.05) is 13.1 Å². The molecular weight excluding hydrogens is 284 g/mol. The molecule has 1 fully saturated rings. The maximum absolute atomic E-state index is 11.9. The van der Waals surface area contributed by atoms with Gasteiger partial charge in [-0.2, -0.15) is 0 Å². The maximum atomic E-state index is 11.9. The van der Waals surface area contributed by atoms with Crippen molar-refractivity contribution in [1.29, 1.82) is 0 Å². The number of morpholine rings is 1. The number of amides is 1. The molecule has 4 nitrogen and oxygen atoms in total. The minimum absolute atomic E-state index is 0.114. The van der Waals surface area contributed by atoms with Gasteiger partial charge in [0.05, 0.1) is 12.2 Å².